The van der Waals surface area contributed by atoms with Gasteiger partial charge in [0.25, 0.3) is 0 Å². The largest absolute Gasteiger partial charge is 0.323 e. The Morgan fingerprint density at radius 3 is 3.00 bits per heavy atom. The maximum Gasteiger partial charge on any atom is 0.161 e. The van der Waals surface area contributed by atoms with Crippen LogP contribution in [0.25, 0.3) is 5.65 Å². The Morgan fingerprint density at radius 1 is 1.54 bits per heavy atom. The van der Waals surface area contributed by atoms with Crippen LogP contribution in [0.2, 0.25) is 5.15 Å². The molecule has 0 saturated carbocycles. The van der Waals surface area contributed by atoms with E-state index in [1.54, 1.807) is 23.0 Å². The van der Waals surface area contributed by atoms with E-state index in [0.717, 1.165) is 11.3 Å². The molecule has 2 N–H and O–H groups in total. The molecule has 1 atom stereocenters. The first-order valence-electron chi connectivity index (χ1n) is 3.93. The molecule has 13 heavy (non-hydrogen) atoms. The fourth-order valence-corrected chi connectivity index (χ4v) is 1.42. The number of aromatic nitrogens is 3. The molecule has 68 valence electrons. The molecule has 2 heterocycles. The van der Waals surface area contributed by atoms with Gasteiger partial charge in [-0.2, -0.15) is 0 Å². The van der Waals surface area contributed by atoms with E-state index in [1.807, 2.05) is 6.92 Å². The van der Waals surface area contributed by atoms with Gasteiger partial charge in [0.15, 0.2) is 5.65 Å². The summed E-state index contributed by atoms with van der Waals surface area (Å²) in [7, 11) is 0. The summed E-state index contributed by atoms with van der Waals surface area (Å²) in [5.74, 6) is 0. The van der Waals surface area contributed by atoms with Crippen LogP contribution in [0.5, 0.6) is 0 Å². The lowest BCUT2D eigenvalue weighted by atomic mass is 10.2. The van der Waals surface area contributed by atoms with E-state index >= 15 is 0 Å². The highest BCUT2D eigenvalue weighted by atomic mass is 35.5. The molecule has 1 unspecified atom stereocenters. The van der Waals surface area contributed by atoms with Gasteiger partial charge in [0.1, 0.15) is 5.15 Å². The Bertz CT molecular complexity index is 435. The summed E-state index contributed by atoms with van der Waals surface area (Å²) >= 11 is 5.88. The highest BCUT2D eigenvalue weighted by Gasteiger charge is 2.09. The highest BCUT2D eigenvalue weighted by Crippen LogP contribution is 2.17. The van der Waals surface area contributed by atoms with E-state index in [-0.39, 0.29) is 6.04 Å². The summed E-state index contributed by atoms with van der Waals surface area (Å²) in [5.41, 5.74) is 7.21. The average Bonchev–Trinajstić information content (AvgIpc) is 2.48. The molecule has 0 aliphatic carbocycles. The lowest BCUT2D eigenvalue weighted by molar-refractivity contribution is 0.778. The van der Waals surface area contributed by atoms with Gasteiger partial charge in [-0.05, 0) is 6.92 Å². The van der Waals surface area contributed by atoms with E-state index in [4.69, 9.17) is 17.3 Å². The standard InChI is InChI=1S/C8H9ClN4/c1-5(10)7-8-12-4-6(9)13(8)3-2-11-7/h2-5H,10H2,1H3. The quantitative estimate of drug-likeness (QED) is 0.750. The Balaban J connectivity index is 2.77. The second-order valence-electron chi connectivity index (χ2n) is 2.88. The molecule has 0 aliphatic rings. The zero-order valence-electron chi connectivity index (χ0n) is 7.11. The highest BCUT2D eigenvalue weighted by molar-refractivity contribution is 6.29. The first kappa shape index (κ1) is 8.47. The predicted molar refractivity (Wildman–Crippen MR) is 50.6 cm³/mol. The number of hydrogen-bond donors (Lipinski definition) is 1. The Morgan fingerprint density at radius 2 is 2.31 bits per heavy atom. The van der Waals surface area contributed by atoms with Crippen molar-refractivity contribution in [1.29, 1.82) is 0 Å². The smallest absolute Gasteiger partial charge is 0.161 e. The van der Waals surface area contributed by atoms with Gasteiger partial charge in [-0.1, -0.05) is 11.6 Å². The first-order chi connectivity index (χ1) is 6.20. The van der Waals surface area contributed by atoms with Gasteiger partial charge >= 0.3 is 0 Å². The summed E-state index contributed by atoms with van der Waals surface area (Å²) in [6.07, 6.45) is 5.01. The third-order valence-corrected chi connectivity index (χ3v) is 2.12. The van der Waals surface area contributed by atoms with Crippen LogP contribution in [0, 0.1) is 0 Å². The summed E-state index contributed by atoms with van der Waals surface area (Å²) in [6.45, 7) is 1.87. The van der Waals surface area contributed by atoms with Gasteiger partial charge in [0, 0.05) is 18.4 Å². The maximum absolute atomic E-state index is 5.88. The summed E-state index contributed by atoms with van der Waals surface area (Å²) in [4.78, 5) is 8.28. The van der Waals surface area contributed by atoms with Gasteiger partial charge < -0.3 is 5.73 Å². The number of rotatable bonds is 1. The number of halogens is 1. The summed E-state index contributed by atoms with van der Waals surface area (Å²) < 4.78 is 1.76. The van der Waals surface area contributed by atoms with Crippen LogP contribution in [-0.4, -0.2) is 14.4 Å². The topological polar surface area (TPSA) is 56.2 Å². The van der Waals surface area contributed by atoms with Crippen molar-refractivity contribution < 1.29 is 0 Å². The Kier molecular flexibility index (Phi) is 1.94. The minimum atomic E-state index is -0.137. The molecule has 5 heteroatoms. The van der Waals surface area contributed by atoms with Crippen molar-refractivity contribution in [2.45, 2.75) is 13.0 Å². The fraction of sp³-hybridized carbons (Fsp3) is 0.250. The van der Waals surface area contributed by atoms with Crippen molar-refractivity contribution in [2.24, 2.45) is 5.73 Å². The van der Waals surface area contributed by atoms with E-state index in [9.17, 15) is 0 Å². The minimum Gasteiger partial charge on any atom is -0.323 e. The Labute approximate surface area is 80.4 Å². The third-order valence-electron chi connectivity index (χ3n) is 1.84. The molecular weight excluding hydrogens is 188 g/mol. The van der Waals surface area contributed by atoms with Gasteiger partial charge in [-0.3, -0.25) is 9.38 Å². The van der Waals surface area contributed by atoms with E-state index in [2.05, 4.69) is 9.97 Å². The lowest BCUT2D eigenvalue weighted by Gasteiger charge is -2.05. The van der Waals surface area contributed by atoms with Gasteiger partial charge in [0.05, 0.1) is 11.9 Å². The summed E-state index contributed by atoms with van der Waals surface area (Å²) in [6, 6.07) is -0.137. The van der Waals surface area contributed by atoms with Crippen LogP contribution < -0.4 is 5.73 Å². The van der Waals surface area contributed by atoms with Crippen molar-refractivity contribution >= 4 is 17.2 Å². The van der Waals surface area contributed by atoms with Crippen LogP contribution in [-0.2, 0) is 0 Å². The number of fused-ring (bicyclic) bond motifs is 1. The van der Waals surface area contributed by atoms with Crippen molar-refractivity contribution in [1.82, 2.24) is 14.4 Å². The van der Waals surface area contributed by atoms with Gasteiger partial charge in [-0.15, -0.1) is 0 Å². The predicted octanol–water partition coefficient (Wildman–Crippen LogP) is 1.40. The molecule has 0 spiro atoms. The number of nitrogens with zero attached hydrogens (tertiary/aromatic N) is 3. The van der Waals surface area contributed by atoms with Crippen LogP contribution in [0.1, 0.15) is 18.7 Å². The van der Waals surface area contributed by atoms with Crippen molar-refractivity contribution in [3.05, 3.63) is 29.4 Å². The molecule has 2 rings (SSSR count). The molecular formula is C8H9ClN4. The van der Waals surface area contributed by atoms with E-state index < -0.39 is 0 Å². The average molecular weight is 197 g/mol. The summed E-state index contributed by atoms with van der Waals surface area (Å²) in [5, 5.41) is 0.569. The SMILES string of the molecule is CC(N)c1nccn2c(Cl)cnc12. The van der Waals surface area contributed by atoms with Gasteiger partial charge in [0.2, 0.25) is 0 Å². The molecule has 0 saturated heterocycles. The molecule has 2 aromatic heterocycles. The molecule has 0 radical (unpaired) electrons. The molecule has 0 fully saturated rings. The maximum atomic E-state index is 5.88. The molecule has 0 amide bonds. The number of nitrogens with two attached hydrogens (primary N) is 1. The van der Waals surface area contributed by atoms with E-state index in [1.165, 1.54) is 0 Å². The Hall–Kier alpha value is -1.13. The van der Waals surface area contributed by atoms with Crippen LogP contribution >= 0.6 is 11.6 Å². The van der Waals surface area contributed by atoms with Crippen molar-refractivity contribution in [3.8, 4) is 0 Å². The zero-order valence-corrected chi connectivity index (χ0v) is 7.86. The first-order valence-corrected chi connectivity index (χ1v) is 4.31. The molecule has 2 aromatic rings. The second kappa shape index (κ2) is 2.97. The normalized spacial score (nSPS) is 13.5. The van der Waals surface area contributed by atoms with Crippen LogP contribution in [0.15, 0.2) is 18.6 Å². The number of hydrogen-bond acceptors (Lipinski definition) is 3. The molecule has 0 bridgehead atoms. The van der Waals surface area contributed by atoms with Gasteiger partial charge in [-0.25, -0.2) is 4.98 Å². The van der Waals surface area contributed by atoms with Crippen molar-refractivity contribution in [3.63, 3.8) is 0 Å². The van der Waals surface area contributed by atoms with Crippen molar-refractivity contribution in [2.75, 3.05) is 0 Å². The zero-order chi connectivity index (χ0) is 9.42. The monoisotopic (exact) mass is 196 g/mol. The van der Waals surface area contributed by atoms with Crippen LogP contribution in [0.3, 0.4) is 0 Å². The number of imidazole rings is 1. The van der Waals surface area contributed by atoms with Crippen LogP contribution in [0.4, 0.5) is 0 Å². The van der Waals surface area contributed by atoms with E-state index in [0.29, 0.717) is 5.15 Å². The second-order valence-corrected chi connectivity index (χ2v) is 3.26. The molecule has 4 nitrogen and oxygen atoms in total. The lowest BCUT2D eigenvalue weighted by Crippen LogP contribution is -2.09. The molecule has 0 aliphatic heterocycles. The fourth-order valence-electron chi connectivity index (χ4n) is 1.23. The minimum absolute atomic E-state index is 0.137. The third kappa shape index (κ3) is 1.28. The molecule has 0 aromatic carbocycles.